The number of carbonyl (C=O) groups excluding carboxylic acids is 2. The number of hydrogen-bond donors (Lipinski definition) is 2. The minimum atomic E-state index is -0.695. The van der Waals surface area contributed by atoms with Gasteiger partial charge in [0.2, 0.25) is 5.91 Å². The van der Waals surface area contributed by atoms with Gasteiger partial charge >= 0.3 is 0 Å². The van der Waals surface area contributed by atoms with Gasteiger partial charge in [-0.25, -0.2) is 0 Å². The number of anilines is 2. The van der Waals surface area contributed by atoms with Crippen molar-refractivity contribution in [2.45, 2.75) is 39.7 Å². The van der Waals surface area contributed by atoms with Crippen molar-refractivity contribution in [3.63, 3.8) is 0 Å². The Morgan fingerprint density at radius 3 is 2.40 bits per heavy atom. The van der Waals surface area contributed by atoms with Crippen LogP contribution in [0.2, 0.25) is 0 Å². The fourth-order valence-electron chi connectivity index (χ4n) is 3.49. The Labute approximate surface area is 183 Å². The first kappa shape index (κ1) is 22.2. The molecule has 2 amide bonds. The number of nitrogens with one attached hydrogen (secondary N) is 2. The first-order chi connectivity index (χ1) is 14.3. The molecule has 1 heterocycles. The standard InChI is InChI=1S/C24H30ClN3O2/c1-17(18-9-5-4-6-10-18)26-22(29)20-15-19(27-23(30)24(2,3)16-25)11-12-21(20)28-13-7-8-14-28/h4-6,9-12,15,17H,7-8,13-14,16H2,1-3H3,(H,26,29)(H,27,30)/t17-/m0/s1. The molecule has 1 atom stereocenters. The minimum absolute atomic E-state index is 0.126. The lowest BCUT2D eigenvalue weighted by Gasteiger charge is -2.24. The Bertz CT molecular complexity index is 893. The molecule has 0 bridgehead atoms. The summed E-state index contributed by atoms with van der Waals surface area (Å²) in [5.74, 6) is -0.108. The SMILES string of the molecule is C[C@H](NC(=O)c1cc(NC(=O)C(C)(C)CCl)ccc1N1CCCC1)c1ccccc1. The maximum absolute atomic E-state index is 13.2. The van der Waals surface area contributed by atoms with Gasteiger partial charge in [-0.2, -0.15) is 0 Å². The first-order valence-corrected chi connectivity index (χ1v) is 11.0. The lowest BCUT2D eigenvalue weighted by atomic mass is 9.95. The predicted molar refractivity (Wildman–Crippen MR) is 123 cm³/mol. The van der Waals surface area contributed by atoms with E-state index in [1.54, 1.807) is 19.9 Å². The van der Waals surface area contributed by atoms with Crippen LogP contribution in [0.4, 0.5) is 11.4 Å². The summed E-state index contributed by atoms with van der Waals surface area (Å²) in [6.07, 6.45) is 2.23. The maximum Gasteiger partial charge on any atom is 0.253 e. The van der Waals surface area contributed by atoms with Crippen LogP contribution >= 0.6 is 11.6 Å². The fraction of sp³-hybridized carbons (Fsp3) is 0.417. The summed E-state index contributed by atoms with van der Waals surface area (Å²) in [6.45, 7) is 7.42. The topological polar surface area (TPSA) is 61.4 Å². The number of hydrogen-bond acceptors (Lipinski definition) is 3. The highest BCUT2D eigenvalue weighted by Gasteiger charge is 2.27. The number of rotatable bonds is 7. The quantitative estimate of drug-likeness (QED) is 0.612. The van der Waals surface area contributed by atoms with Crippen molar-refractivity contribution in [1.29, 1.82) is 0 Å². The zero-order valence-corrected chi connectivity index (χ0v) is 18.6. The van der Waals surface area contributed by atoms with Gasteiger partial charge in [0.15, 0.2) is 0 Å². The Morgan fingerprint density at radius 2 is 1.77 bits per heavy atom. The molecule has 2 N–H and O–H groups in total. The number of benzene rings is 2. The highest BCUT2D eigenvalue weighted by atomic mass is 35.5. The van der Waals surface area contributed by atoms with E-state index >= 15 is 0 Å². The molecule has 0 spiro atoms. The van der Waals surface area contributed by atoms with Crippen LogP contribution in [0.3, 0.4) is 0 Å². The smallest absolute Gasteiger partial charge is 0.253 e. The van der Waals surface area contributed by atoms with Crippen LogP contribution < -0.4 is 15.5 Å². The molecule has 0 unspecified atom stereocenters. The Morgan fingerprint density at radius 1 is 1.10 bits per heavy atom. The van der Waals surface area contributed by atoms with E-state index in [2.05, 4.69) is 15.5 Å². The van der Waals surface area contributed by atoms with E-state index in [1.165, 1.54) is 0 Å². The van der Waals surface area contributed by atoms with Crippen molar-refractivity contribution in [3.05, 3.63) is 59.7 Å². The van der Waals surface area contributed by atoms with Gasteiger partial charge < -0.3 is 15.5 Å². The number of amides is 2. The fourth-order valence-corrected chi connectivity index (χ4v) is 3.61. The van der Waals surface area contributed by atoms with Gasteiger partial charge in [0.05, 0.1) is 17.0 Å². The molecule has 1 aliphatic heterocycles. The third-order valence-corrected chi connectivity index (χ3v) is 6.21. The molecular formula is C24H30ClN3O2. The summed E-state index contributed by atoms with van der Waals surface area (Å²) >= 11 is 5.93. The normalized spacial score (nSPS) is 15.0. The second-order valence-corrected chi connectivity index (χ2v) is 8.77. The average Bonchev–Trinajstić information content (AvgIpc) is 3.29. The number of halogens is 1. The zero-order chi connectivity index (χ0) is 21.7. The predicted octanol–water partition coefficient (Wildman–Crippen LogP) is 4.98. The van der Waals surface area contributed by atoms with Gasteiger partial charge in [0.1, 0.15) is 0 Å². The maximum atomic E-state index is 13.2. The van der Waals surface area contributed by atoms with E-state index in [9.17, 15) is 9.59 Å². The Kier molecular flexibility index (Phi) is 7.03. The second-order valence-electron chi connectivity index (χ2n) is 8.50. The van der Waals surface area contributed by atoms with Crippen LogP contribution in [-0.2, 0) is 4.79 Å². The molecule has 30 heavy (non-hydrogen) atoms. The first-order valence-electron chi connectivity index (χ1n) is 10.4. The molecule has 6 heteroatoms. The summed E-state index contributed by atoms with van der Waals surface area (Å²) in [7, 11) is 0. The van der Waals surface area contributed by atoms with Crippen molar-refractivity contribution in [2.24, 2.45) is 5.41 Å². The monoisotopic (exact) mass is 427 g/mol. The molecule has 2 aromatic carbocycles. The molecule has 1 saturated heterocycles. The summed E-state index contributed by atoms with van der Waals surface area (Å²) in [6, 6.07) is 15.3. The van der Waals surface area contributed by atoms with Gasteiger partial charge in [0, 0.05) is 30.3 Å². The molecule has 5 nitrogen and oxygen atoms in total. The molecule has 0 aromatic heterocycles. The Hall–Kier alpha value is -2.53. The van der Waals surface area contributed by atoms with Crippen LogP contribution in [0, 0.1) is 5.41 Å². The summed E-state index contributed by atoms with van der Waals surface area (Å²) < 4.78 is 0. The molecule has 1 aliphatic rings. The number of alkyl halides is 1. The van der Waals surface area contributed by atoms with Crippen molar-refractivity contribution in [3.8, 4) is 0 Å². The molecule has 1 fully saturated rings. The van der Waals surface area contributed by atoms with Gasteiger partial charge in [-0.1, -0.05) is 30.3 Å². The summed E-state index contributed by atoms with van der Waals surface area (Å²) in [5.41, 5.74) is 2.42. The number of nitrogens with zero attached hydrogens (tertiary/aromatic N) is 1. The average molecular weight is 428 g/mol. The van der Waals surface area contributed by atoms with Crippen LogP contribution in [0.5, 0.6) is 0 Å². The van der Waals surface area contributed by atoms with E-state index in [0.29, 0.717) is 11.3 Å². The molecular weight excluding hydrogens is 398 g/mol. The largest absolute Gasteiger partial charge is 0.371 e. The third kappa shape index (κ3) is 5.14. The molecule has 0 saturated carbocycles. The van der Waals surface area contributed by atoms with E-state index in [0.717, 1.165) is 37.2 Å². The summed E-state index contributed by atoms with van der Waals surface area (Å²) in [4.78, 5) is 28.0. The van der Waals surface area contributed by atoms with Crippen molar-refractivity contribution in [2.75, 3.05) is 29.2 Å². The van der Waals surface area contributed by atoms with Crippen molar-refractivity contribution < 1.29 is 9.59 Å². The van der Waals surface area contributed by atoms with Gasteiger partial charge in [-0.3, -0.25) is 9.59 Å². The van der Waals surface area contributed by atoms with Crippen LogP contribution in [0.25, 0.3) is 0 Å². The summed E-state index contributed by atoms with van der Waals surface area (Å²) in [5, 5.41) is 6.01. The van der Waals surface area contributed by atoms with Crippen molar-refractivity contribution >= 4 is 34.8 Å². The zero-order valence-electron chi connectivity index (χ0n) is 17.9. The van der Waals surface area contributed by atoms with Crippen LogP contribution in [0.1, 0.15) is 55.6 Å². The van der Waals surface area contributed by atoms with E-state index in [-0.39, 0.29) is 23.7 Å². The van der Waals surface area contributed by atoms with E-state index in [1.807, 2.05) is 49.4 Å². The highest BCUT2D eigenvalue weighted by molar-refractivity contribution is 6.20. The second kappa shape index (κ2) is 9.52. The van der Waals surface area contributed by atoms with Crippen LogP contribution in [-0.4, -0.2) is 30.8 Å². The third-order valence-electron chi connectivity index (χ3n) is 5.54. The minimum Gasteiger partial charge on any atom is -0.371 e. The lowest BCUT2D eigenvalue weighted by molar-refractivity contribution is -0.122. The molecule has 0 radical (unpaired) electrons. The molecule has 3 rings (SSSR count). The van der Waals surface area contributed by atoms with Gasteiger partial charge in [-0.05, 0) is 57.4 Å². The van der Waals surface area contributed by atoms with Gasteiger partial charge in [0.25, 0.3) is 5.91 Å². The van der Waals surface area contributed by atoms with Crippen LogP contribution in [0.15, 0.2) is 48.5 Å². The lowest BCUT2D eigenvalue weighted by Crippen LogP contribution is -2.33. The molecule has 2 aromatic rings. The highest BCUT2D eigenvalue weighted by Crippen LogP contribution is 2.29. The van der Waals surface area contributed by atoms with Gasteiger partial charge in [-0.15, -0.1) is 11.6 Å². The van der Waals surface area contributed by atoms with Crippen molar-refractivity contribution in [1.82, 2.24) is 5.32 Å². The molecule has 160 valence electrons. The Balaban J connectivity index is 1.87. The number of carbonyl (C=O) groups is 2. The van der Waals surface area contributed by atoms with E-state index < -0.39 is 5.41 Å². The molecule has 0 aliphatic carbocycles. The van der Waals surface area contributed by atoms with E-state index in [4.69, 9.17) is 11.6 Å².